The summed E-state index contributed by atoms with van der Waals surface area (Å²) < 4.78 is 0. The van der Waals surface area contributed by atoms with Crippen LogP contribution in [-0.4, -0.2) is 17.1 Å². The first-order chi connectivity index (χ1) is 8.08. The van der Waals surface area contributed by atoms with Crippen molar-refractivity contribution in [1.82, 2.24) is 0 Å². The number of phenols is 1. The zero-order valence-electron chi connectivity index (χ0n) is 10.8. The van der Waals surface area contributed by atoms with Gasteiger partial charge in [-0.2, -0.15) is 0 Å². The monoisotopic (exact) mass is 272 g/mol. The second-order valence-electron chi connectivity index (χ2n) is 4.09. The third-order valence-electron chi connectivity index (χ3n) is 2.66. The van der Waals surface area contributed by atoms with Crippen molar-refractivity contribution in [2.24, 2.45) is 5.73 Å². The number of benzene rings is 1. The number of hydrogen-bond acceptors (Lipinski definition) is 3. The van der Waals surface area contributed by atoms with Gasteiger partial charge in [-0.25, -0.2) is 0 Å². The smallest absolute Gasteiger partial charge is 0.241 e. The van der Waals surface area contributed by atoms with Crippen LogP contribution in [0.5, 0.6) is 5.75 Å². The summed E-state index contributed by atoms with van der Waals surface area (Å²) in [6, 6.07) is 4.66. The molecular formula is C13H21ClN2O2. The quantitative estimate of drug-likeness (QED) is 0.721. The van der Waals surface area contributed by atoms with Crippen molar-refractivity contribution in [2.75, 3.05) is 5.32 Å². The van der Waals surface area contributed by atoms with E-state index in [1.807, 2.05) is 19.9 Å². The maximum atomic E-state index is 11.7. The Kier molecular flexibility index (Phi) is 7.39. The maximum Gasteiger partial charge on any atom is 0.241 e. The van der Waals surface area contributed by atoms with E-state index in [0.29, 0.717) is 12.1 Å². The molecule has 0 spiro atoms. The highest BCUT2D eigenvalue weighted by atomic mass is 35.5. The van der Waals surface area contributed by atoms with Crippen LogP contribution in [0, 0.1) is 0 Å². The van der Waals surface area contributed by atoms with Crippen molar-refractivity contribution in [1.29, 1.82) is 0 Å². The Labute approximate surface area is 114 Å². The lowest BCUT2D eigenvalue weighted by atomic mass is 10.1. The van der Waals surface area contributed by atoms with Gasteiger partial charge in [-0.1, -0.05) is 26.3 Å². The van der Waals surface area contributed by atoms with Gasteiger partial charge in [0.25, 0.3) is 0 Å². The van der Waals surface area contributed by atoms with Crippen LogP contribution < -0.4 is 11.1 Å². The number of carbonyl (C=O) groups is 1. The fourth-order valence-corrected chi connectivity index (χ4v) is 1.57. The van der Waals surface area contributed by atoms with Crippen LogP contribution in [0.4, 0.5) is 5.69 Å². The van der Waals surface area contributed by atoms with Crippen LogP contribution in [0.2, 0.25) is 0 Å². The van der Waals surface area contributed by atoms with Gasteiger partial charge in [0.05, 0.1) is 11.7 Å². The van der Waals surface area contributed by atoms with E-state index >= 15 is 0 Å². The Morgan fingerprint density at radius 2 is 2.11 bits per heavy atom. The maximum absolute atomic E-state index is 11.7. The third kappa shape index (κ3) is 4.55. The zero-order chi connectivity index (χ0) is 12.8. The molecule has 18 heavy (non-hydrogen) atoms. The molecule has 0 aliphatic heterocycles. The summed E-state index contributed by atoms with van der Waals surface area (Å²) in [7, 11) is 0. The molecule has 0 heterocycles. The molecule has 5 heteroatoms. The van der Waals surface area contributed by atoms with Gasteiger partial charge in [-0.05, 0) is 30.5 Å². The molecule has 0 bridgehead atoms. The largest absolute Gasteiger partial charge is 0.506 e. The van der Waals surface area contributed by atoms with Crippen LogP contribution in [0.25, 0.3) is 0 Å². The van der Waals surface area contributed by atoms with E-state index in [4.69, 9.17) is 5.73 Å². The second-order valence-corrected chi connectivity index (χ2v) is 4.09. The summed E-state index contributed by atoms with van der Waals surface area (Å²) >= 11 is 0. The number of aromatic hydroxyl groups is 1. The van der Waals surface area contributed by atoms with Gasteiger partial charge in [0.2, 0.25) is 5.91 Å². The van der Waals surface area contributed by atoms with Crippen molar-refractivity contribution in [3.05, 3.63) is 23.8 Å². The summed E-state index contributed by atoms with van der Waals surface area (Å²) in [6.07, 6.45) is 2.35. The average Bonchev–Trinajstić information content (AvgIpc) is 2.32. The number of carbonyl (C=O) groups excluding carboxylic acids is 1. The van der Waals surface area contributed by atoms with Gasteiger partial charge in [-0.15, -0.1) is 12.4 Å². The summed E-state index contributed by atoms with van der Waals surface area (Å²) in [5.41, 5.74) is 7.19. The van der Waals surface area contributed by atoms with E-state index in [0.717, 1.165) is 18.4 Å². The molecule has 0 aliphatic carbocycles. The molecule has 0 radical (unpaired) electrons. The average molecular weight is 273 g/mol. The first-order valence-corrected chi connectivity index (χ1v) is 5.96. The van der Waals surface area contributed by atoms with Crippen LogP contribution in [0.1, 0.15) is 32.3 Å². The summed E-state index contributed by atoms with van der Waals surface area (Å²) in [4.78, 5) is 11.7. The topological polar surface area (TPSA) is 75.4 Å². The molecule has 1 aromatic carbocycles. The Balaban J connectivity index is 0.00000289. The summed E-state index contributed by atoms with van der Waals surface area (Å²) in [5, 5.41) is 12.3. The lowest BCUT2D eigenvalue weighted by molar-refractivity contribution is -0.117. The molecule has 1 atom stereocenters. The van der Waals surface area contributed by atoms with E-state index in [1.165, 1.54) is 0 Å². The summed E-state index contributed by atoms with van der Waals surface area (Å²) in [5.74, 6) is -0.186. The molecule has 1 amide bonds. The van der Waals surface area contributed by atoms with Gasteiger partial charge in [0.1, 0.15) is 5.75 Å². The zero-order valence-corrected chi connectivity index (χ0v) is 11.6. The van der Waals surface area contributed by atoms with Crippen molar-refractivity contribution in [3.63, 3.8) is 0 Å². The van der Waals surface area contributed by atoms with Crippen molar-refractivity contribution in [2.45, 2.75) is 39.2 Å². The van der Waals surface area contributed by atoms with Gasteiger partial charge in [-0.3, -0.25) is 4.79 Å². The highest BCUT2D eigenvalue weighted by Crippen LogP contribution is 2.24. The number of anilines is 1. The molecule has 4 N–H and O–H groups in total. The number of amides is 1. The van der Waals surface area contributed by atoms with E-state index in [1.54, 1.807) is 12.1 Å². The Hall–Kier alpha value is -1.26. The minimum absolute atomic E-state index is 0. The Morgan fingerprint density at radius 3 is 2.67 bits per heavy atom. The molecule has 0 saturated heterocycles. The fraction of sp³-hybridized carbons (Fsp3) is 0.462. The molecule has 0 aliphatic rings. The highest BCUT2D eigenvalue weighted by Gasteiger charge is 2.14. The molecule has 1 aromatic rings. The minimum Gasteiger partial charge on any atom is -0.506 e. The molecular weight excluding hydrogens is 252 g/mol. The van der Waals surface area contributed by atoms with E-state index in [9.17, 15) is 9.90 Å². The molecule has 102 valence electrons. The summed E-state index contributed by atoms with van der Waals surface area (Å²) in [6.45, 7) is 3.99. The molecule has 1 unspecified atom stereocenters. The van der Waals surface area contributed by atoms with E-state index in [-0.39, 0.29) is 24.1 Å². The number of aryl methyl sites for hydroxylation is 1. The Bertz CT molecular complexity index is 397. The molecule has 4 nitrogen and oxygen atoms in total. The number of nitrogens with two attached hydrogens (primary N) is 1. The normalized spacial score (nSPS) is 11.5. The second kappa shape index (κ2) is 7.95. The number of phenolic OH excluding ortho intramolecular Hbond substituents is 1. The molecule has 0 aromatic heterocycles. The van der Waals surface area contributed by atoms with Gasteiger partial charge >= 0.3 is 0 Å². The van der Waals surface area contributed by atoms with Gasteiger partial charge in [0.15, 0.2) is 0 Å². The van der Waals surface area contributed by atoms with Crippen molar-refractivity contribution in [3.8, 4) is 5.75 Å². The van der Waals surface area contributed by atoms with Gasteiger partial charge < -0.3 is 16.2 Å². The van der Waals surface area contributed by atoms with Crippen LogP contribution in [-0.2, 0) is 11.2 Å². The molecule has 0 fully saturated rings. The van der Waals surface area contributed by atoms with Crippen LogP contribution >= 0.6 is 12.4 Å². The number of nitrogens with one attached hydrogen (secondary N) is 1. The van der Waals surface area contributed by atoms with E-state index in [2.05, 4.69) is 5.32 Å². The Morgan fingerprint density at radius 1 is 1.44 bits per heavy atom. The molecule has 0 saturated carbocycles. The van der Waals surface area contributed by atoms with Crippen LogP contribution in [0.3, 0.4) is 0 Å². The number of halogens is 1. The third-order valence-corrected chi connectivity index (χ3v) is 2.66. The van der Waals surface area contributed by atoms with Crippen LogP contribution in [0.15, 0.2) is 18.2 Å². The van der Waals surface area contributed by atoms with Crippen molar-refractivity contribution < 1.29 is 9.90 Å². The lowest BCUT2D eigenvalue weighted by Gasteiger charge is -2.13. The highest BCUT2D eigenvalue weighted by molar-refractivity contribution is 5.95. The lowest BCUT2D eigenvalue weighted by Crippen LogP contribution is -2.35. The first kappa shape index (κ1) is 16.7. The standard InChI is InChI=1S/C13H20N2O2.ClH/c1-3-5-10(14)13(17)15-11-8-9(4-2)6-7-12(11)16;/h6-8,10,16H,3-5,14H2,1-2H3,(H,15,17);1H. The van der Waals surface area contributed by atoms with Gasteiger partial charge in [0, 0.05) is 0 Å². The minimum atomic E-state index is -0.523. The van der Waals surface area contributed by atoms with E-state index < -0.39 is 6.04 Å². The molecule has 1 rings (SSSR count). The van der Waals surface area contributed by atoms with Crippen molar-refractivity contribution >= 4 is 24.0 Å². The number of rotatable bonds is 5. The first-order valence-electron chi connectivity index (χ1n) is 5.96. The predicted molar refractivity (Wildman–Crippen MR) is 76.2 cm³/mol. The SMILES string of the molecule is CCCC(N)C(=O)Nc1cc(CC)ccc1O.Cl. The fourth-order valence-electron chi connectivity index (χ4n) is 1.57. The number of hydrogen-bond donors (Lipinski definition) is 3. The predicted octanol–water partition coefficient (Wildman–Crippen LogP) is 2.44.